The molecule has 0 saturated carbocycles. The maximum Gasteiger partial charge on any atom is 0.204 e. The lowest BCUT2D eigenvalue weighted by Crippen LogP contribution is -2.11. The van der Waals surface area contributed by atoms with Crippen LogP contribution in [0.3, 0.4) is 0 Å². The number of hydrogen-bond donors (Lipinski definition) is 0. The predicted octanol–water partition coefficient (Wildman–Crippen LogP) is 7.51. The molecule has 0 bridgehead atoms. The largest absolute Gasteiger partial charge is 0.497 e. The number of methoxy groups -OCH3 is 5. The molecule has 0 saturated heterocycles. The molecule has 5 rings (SSSR count). The summed E-state index contributed by atoms with van der Waals surface area (Å²) in [7, 11) is 7.88. The van der Waals surface area contributed by atoms with Crippen LogP contribution in [0.1, 0.15) is 15.9 Å². The first-order chi connectivity index (χ1) is 19.1. The van der Waals surface area contributed by atoms with Crippen LogP contribution in [0.5, 0.6) is 28.7 Å². The molecule has 39 heavy (non-hydrogen) atoms. The summed E-state index contributed by atoms with van der Waals surface area (Å²) in [6, 6.07) is 22.9. The van der Waals surface area contributed by atoms with Gasteiger partial charge in [0.1, 0.15) is 11.5 Å². The van der Waals surface area contributed by atoms with Gasteiger partial charge in [-0.3, -0.25) is 4.79 Å². The van der Waals surface area contributed by atoms with Crippen molar-refractivity contribution in [3.8, 4) is 51.0 Å². The normalized spacial score (nSPS) is 10.8. The van der Waals surface area contributed by atoms with Crippen LogP contribution in [0.4, 0.5) is 0 Å². The Morgan fingerprint density at radius 3 is 1.95 bits per heavy atom. The van der Waals surface area contributed by atoms with E-state index in [1.807, 2.05) is 78.2 Å². The van der Waals surface area contributed by atoms with Crippen molar-refractivity contribution in [1.29, 1.82) is 0 Å². The van der Waals surface area contributed by atoms with E-state index in [0.29, 0.717) is 56.6 Å². The van der Waals surface area contributed by atoms with Gasteiger partial charge in [-0.05, 0) is 29.8 Å². The standard InChI is InChI=1S/C32H28O6S/c1-34-20-16-14-19(15-17-20)26-28(29(33)23-18-39-25-13-9-7-10-21(23)25)27(22-11-6-8-12-24(22)35-2)31(37-4)32(38-5)30(26)36-3/h6-18H,1-5H3. The topological polar surface area (TPSA) is 63.2 Å². The zero-order chi connectivity index (χ0) is 27.5. The van der Waals surface area contributed by atoms with Crippen LogP contribution in [-0.2, 0) is 0 Å². The van der Waals surface area contributed by atoms with Gasteiger partial charge in [-0.2, -0.15) is 0 Å². The van der Waals surface area contributed by atoms with Crippen molar-refractivity contribution < 1.29 is 28.5 Å². The van der Waals surface area contributed by atoms with Crippen LogP contribution in [-0.4, -0.2) is 41.3 Å². The quantitative estimate of drug-likeness (QED) is 0.180. The van der Waals surface area contributed by atoms with Crippen molar-refractivity contribution in [2.45, 2.75) is 0 Å². The first kappa shape index (κ1) is 26.1. The summed E-state index contributed by atoms with van der Waals surface area (Å²) in [5.41, 5.74) is 3.60. The first-order valence-corrected chi connectivity index (χ1v) is 13.1. The average Bonchev–Trinajstić information content (AvgIpc) is 3.43. The lowest BCUT2D eigenvalue weighted by atomic mass is 9.85. The molecule has 5 aromatic rings. The predicted molar refractivity (Wildman–Crippen MR) is 155 cm³/mol. The van der Waals surface area contributed by atoms with E-state index in [-0.39, 0.29) is 5.78 Å². The molecular weight excluding hydrogens is 512 g/mol. The Hall–Kier alpha value is -4.49. The molecule has 198 valence electrons. The highest BCUT2D eigenvalue weighted by atomic mass is 32.1. The van der Waals surface area contributed by atoms with Gasteiger partial charge in [-0.25, -0.2) is 0 Å². The third-order valence-corrected chi connectivity index (χ3v) is 7.65. The fourth-order valence-corrected chi connectivity index (χ4v) is 5.85. The number of hydrogen-bond acceptors (Lipinski definition) is 7. The second kappa shape index (κ2) is 11.1. The molecule has 0 unspecified atom stereocenters. The molecule has 6 nitrogen and oxygen atoms in total. The van der Waals surface area contributed by atoms with E-state index < -0.39 is 0 Å². The summed E-state index contributed by atoms with van der Waals surface area (Å²) >= 11 is 1.53. The summed E-state index contributed by atoms with van der Waals surface area (Å²) in [4.78, 5) is 14.8. The number of rotatable bonds is 9. The Morgan fingerprint density at radius 1 is 0.641 bits per heavy atom. The maximum atomic E-state index is 14.8. The van der Waals surface area contributed by atoms with E-state index in [1.54, 1.807) is 35.5 Å². The number of para-hydroxylation sites is 1. The monoisotopic (exact) mass is 540 g/mol. The molecule has 0 radical (unpaired) electrons. The molecule has 4 aromatic carbocycles. The fourth-order valence-electron chi connectivity index (χ4n) is 4.91. The summed E-state index contributed by atoms with van der Waals surface area (Å²) in [6.45, 7) is 0. The van der Waals surface area contributed by atoms with Gasteiger partial charge < -0.3 is 23.7 Å². The smallest absolute Gasteiger partial charge is 0.204 e. The van der Waals surface area contributed by atoms with Crippen LogP contribution in [0.2, 0.25) is 0 Å². The van der Waals surface area contributed by atoms with Crippen molar-refractivity contribution in [1.82, 2.24) is 0 Å². The molecule has 1 aromatic heterocycles. The Labute approximate surface area is 231 Å². The SMILES string of the molecule is COc1ccc(-c2c(OC)c(OC)c(OC)c(-c3ccccc3OC)c2C(=O)c2csc3ccccc23)cc1. The highest BCUT2D eigenvalue weighted by molar-refractivity contribution is 7.17. The van der Waals surface area contributed by atoms with Crippen LogP contribution >= 0.6 is 11.3 Å². The summed E-state index contributed by atoms with van der Waals surface area (Å²) in [5, 5.41) is 2.79. The third-order valence-electron chi connectivity index (χ3n) is 6.69. The lowest BCUT2D eigenvalue weighted by Gasteiger charge is -2.24. The van der Waals surface area contributed by atoms with Gasteiger partial charge in [0, 0.05) is 43.3 Å². The van der Waals surface area contributed by atoms with Crippen molar-refractivity contribution in [2.24, 2.45) is 0 Å². The minimum Gasteiger partial charge on any atom is -0.497 e. The Morgan fingerprint density at radius 2 is 1.28 bits per heavy atom. The minimum absolute atomic E-state index is 0.168. The van der Waals surface area contributed by atoms with Gasteiger partial charge in [0.05, 0.1) is 35.5 Å². The molecule has 0 aliphatic heterocycles. The Balaban J connectivity index is 1.97. The number of fused-ring (bicyclic) bond motifs is 1. The number of carbonyl (C=O) groups is 1. The number of carbonyl (C=O) groups excluding carboxylic acids is 1. The van der Waals surface area contributed by atoms with Crippen molar-refractivity contribution >= 4 is 27.2 Å². The van der Waals surface area contributed by atoms with Crippen LogP contribution < -0.4 is 23.7 Å². The second-order valence-electron chi connectivity index (χ2n) is 8.63. The van der Waals surface area contributed by atoms with Gasteiger partial charge in [-0.1, -0.05) is 48.5 Å². The zero-order valence-electron chi connectivity index (χ0n) is 22.4. The fraction of sp³-hybridized carbons (Fsp3) is 0.156. The molecule has 0 atom stereocenters. The average molecular weight is 541 g/mol. The Bertz CT molecular complexity index is 1650. The van der Waals surface area contributed by atoms with E-state index in [4.69, 9.17) is 23.7 Å². The van der Waals surface area contributed by atoms with Gasteiger partial charge in [-0.15, -0.1) is 11.3 Å². The van der Waals surface area contributed by atoms with Gasteiger partial charge >= 0.3 is 0 Å². The first-order valence-electron chi connectivity index (χ1n) is 12.2. The van der Waals surface area contributed by atoms with Gasteiger partial charge in [0.15, 0.2) is 17.3 Å². The summed E-state index contributed by atoms with van der Waals surface area (Å²) in [5.74, 6) is 2.25. The van der Waals surface area contributed by atoms with E-state index in [1.165, 1.54) is 11.3 Å². The molecule has 1 heterocycles. The number of benzene rings is 4. The zero-order valence-corrected chi connectivity index (χ0v) is 23.2. The molecule has 0 amide bonds. The van der Waals surface area contributed by atoms with Gasteiger partial charge in [0.25, 0.3) is 0 Å². The van der Waals surface area contributed by atoms with Crippen LogP contribution in [0, 0.1) is 0 Å². The summed E-state index contributed by atoms with van der Waals surface area (Å²) < 4.78 is 29.9. The van der Waals surface area contributed by atoms with Crippen molar-refractivity contribution in [3.63, 3.8) is 0 Å². The molecule has 0 aliphatic rings. The van der Waals surface area contributed by atoms with Crippen molar-refractivity contribution in [2.75, 3.05) is 35.5 Å². The van der Waals surface area contributed by atoms with Crippen LogP contribution in [0.25, 0.3) is 32.3 Å². The molecule has 7 heteroatoms. The lowest BCUT2D eigenvalue weighted by molar-refractivity contribution is 0.104. The minimum atomic E-state index is -0.168. The number of ether oxygens (including phenoxy) is 5. The summed E-state index contributed by atoms with van der Waals surface area (Å²) in [6.07, 6.45) is 0. The van der Waals surface area contributed by atoms with E-state index >= 15 is 0 Å². The van der Waals surface area contributed by atoms with Crippen LogP contribution in [0.15, 0.2) is 78.2 Å². The highest BCUT2D eigenvalue weighted by Gasteiger charge is 2.33. The molecular formula is C32H28O6S. The maximum absolute atomic E-state index is 14.8. The molecule has 0 fully saturated rings. The molecule has 0 spiro atoms. The van der Waals surface area contributed by atoms with E-state index in [2.05, 4.69) is 0 Å². The third kappa shape index (κ3) is 4.45. The van der Waals surface area contributed by atoms with E-state index in [9.17, 15) is 4.79 Å². The number of thiophene rings is 1. The van der Waals surface area contributed by atoms with E-state index in [0.717, 1.165) is 15.6 Å². The number of ketones is 1. The molecule has 0 aliphatic carbocycles. The van der Waals surface area contributed by atoms with Gasteiger partial charge in [0.2, 0.25) is 5.75 Å². The second-order valence-corrected chi connectivity index (χ2v) is 9.54. The Kier molecular flexibility index (Phi) is 7.43. The van der Waals surface area contributed by atoms with Crippen molar-refractivity contribution in [3.05, 3.63) is 89.3 Å². The highest BCUT2D eigenvalue weighted by Crippen LogP contribution is 2.55. The molecule has 0 N–H and O–H groups in total.